The van der Waals surface area contributed by atoms with Crippen LogP contribution in [0.25, 0.3) is 0 Å². The van der Waals surface area contributed by atoms with E-state index in [-0.39, 0.29) is 36.8 Å². The van der Waals surface area contributed by atoms with Crippen LogP contribution in [0.5, 0.6) is 0 Å². The van der Waals surface area contributed by atoms with Gasteiger partial charge >= 0.3 is 0 Å². The Morgan fingerprint density at radius 2 is 2.00 bits per heavy atom. The van der Waals surface area contributed by atoms with Crippen LogP contribution in [0.15, 0.2) is 5.38 Å². The number of hydrogen-bond donors (Lipinski definition) is 2. The first-order valence-electron chi connectivity index (χ1n) is 6.42. The molecule has 4 nitrogen and oxygen atoms in total. The maximum absolute atomic E-state index is 12.3. The summed E-state index contributed by atoms with van der Waals surface area (Å²) in [7, 11) is 0. The molecule has 0 aliphatic heterocycles. The average Bonchev–Trinajstić information content (AvgIpc) is 2.79. The van der Waals surface area contributed by atoms with E-state index in [1.54, 1.807) is 11.3 Å². The van der Waals surface area contributed by atoms with Crippen LogP contribution >= 0.6 is 36.2 Å². The lowest BCUT2D eigenvalue weighted by Gasteiger charge is -2.29. The molecule has 7 heteroatoms. The number of hydrogen-bond acceptors (Lipinski definition) is 4. The predicted molar refractivity (Wildman–Crippen MR) is 90.0 cm³/mol. The molecular weight excluding hydrogens is 317 g/mol. The molecule has 1 heterocycles. The van der Waals surface area contributed by atoms with Crippen LogP contribution in [-0.2, 0) is 4.79 Å². The Hall–Kier alpha value is -0.360. The maximum atomic E-state index is 12.3. The fourth-order valence-electron chi connectivity index (χ4n) is 1.94. The molecule has 1 atom stereocenters. The normalized spacial score (nSPS) is 12.1. The second-order valence-corrected chi connectivity index (χ2v) is 5.60. The lowest BCUT2D eigenvalue weighted by molar-refractivity contribution is -0.131. The number of aromatic nitrogens is 1. The van der Waals surface area contributed by atoms with Gasteiger partial charge < -0.3 is 11.1 Å². The molecule has 1 amide bonds. The summed E-state index contributed by atoms with van der Waals surface area (Å²) in [5.41, 5.74) is 6.32. The molecule has 0 spiro atoms. The van der Waals surface area contributed by atoms with Crippen molar-refractivity contribution in [3.63, 3.8) is 0 Å². The van der Waals surface area contributed by atoms with Crippen LogP contribution < -0.4 is 11.1 Å². The number of aryl methyl sites for hydroxylation is 1. The number of rotatable bonds is 6. The van der Waals surface area contributed by atoms with Gasteiger partial charge in [0.15, 0.2) is 0 Å². The van der Waals surface area contributed by atoms with E-state index in [0.717, 1.165) is 23.5 Å². The van der Waals surface area contributed by atoms with Crippen LogP contribution in [0, 0.1) is 12.3 Å². The molecule has 3 N–H and O–H groups in total. The summed E-state index contributed by atoms with van der Waals surface area (Å²) in [4.78, 5) is 16.7. The first kappa shape index (κ1) is 21.9. The van der Waals surface area contributed by atoms with Crippen molar-refractivity contribution in [1.82, 2.24) is 10.3 Å². The second kappa shape index (κ2) is 9.55. The molecule has 20 heavy (non-hydrogen) atoms. The van der Waals surface area contributed by atoms with Gasteiger partial charge in [-0.25, -0.2) is 4.98 Å². The number of thiazole rings is 1. The molecule has 0 saturated heterocycles. The third-order valence-electron chi connectivity index (χ3n) is 3.58. The molecule has 0 aliphatic rings. The van der Waals surface area contributed by atoms with Crippen LogP contribution in [-0.4, -0.2) is 17.4 Å². The molecule has 0 fully saturated rings. The lowest BCUT2D eigenvalue weighted by Crippen LogP contribution is -2.46. The Kier molecular flexibility index (Phi) is 10.5. The number of nitrogens with one attached hydrogen (secondary N) is 1. The van der Waals surface area contributed by atoms with Crippen LogP contribution in [0.3, 0.4) is 0 Å². The highest BCUT2D eigenvalue weighted by Crippen LogP contribution is 2.27. The van der Waals surface area contributed by atoms with Crippen molar-refractivity contribution in [2.75, 3.05) is 6.54 Å². The van der Waals surface area contributed by atoms with Crippen LogP contribution in [0.1, 0.15) is 50.4 Å². The number of carbonyl (C=O) groups is 1. The van der Waals surface area contributed by atoms with Crippen molar-refractivity contribution >= 4 is 42.1 Å². The Labute approximate surface area is 137 Å². The maximum Gasteiger partial charge on any atom is 0.228 e. The average molecular weight is 342 g/mol. The fourth-order valence-corrected chi connectivity index (χ4v) is 2.74. The van der Waals surface area contributed by atoms with Gasteiger partial charge in [-0.2, -0.15) is 0 Å². The molecular formula is C13H25Cl2N3OS. The lowest BCUT2D eigenvalue weighted by atomic mass is 9.81. The largest absolute Gasteiger partial charge is 0.347 e. The predicted octanol–water partition coefficient (Wildman–Crippen LogP) is 3.24. The van der Waals surface area contributed by atoms with Gasteiger partial charge in [0.1, 0.15) is 5.01 Å². The molecule has 0 aromatic carbocycles. The zero-order valence-corrected chi connectivity index (χ0v) is 14.9. The van der Waals surface area contributed by atoms with E-state index in [2.05, 4.69) is 10.3 Å². The Morgan fingerprint density at radius 3 is 2.35 bits per heavy atom. The highest BCUT2D eigenvalue weighted by molar-refractivity contribution is 7.09. The number of nitrogens with two attached hydrogens (primary N) is 1. The Bertz CT molecular complexity index is 400. The van der Waals surface area contributed by atoms with Gasteiger partial charge in [-0.1, -0.05) is 13.8 Å². The Morgan fingerprint density at radius 1 is 1.45 bits per heavy atom. The summed E-state index contributed by atoms with van der Waals surface area (Å²) >= 11 is 1.58. The van der Waals surface area contributed by atoms with Crippen molar-refractivity contribution in [2.24, 2.45) is 11.1 Å². The summed E-state index contributed by atoms with van der Waals surface area (Å²) in [6, 6.07) is -0.0553. The number of nitrogens with zero attached hydrogens (tertiary/aromatic N) is 1. The van der Waals surface area contributed by atoms with Gasteiger partial charge in [0, 0.05) is 17.6 Å². The fraction of sp³-hybridized carbons (Fsp3) is 0.692. The molecule has 0 bridgehead atoms. The van der Waals surface area contributed by atoms with Crippen molar-refractivity contribution in [1.29, 1.82) is 0 Å². The van der Waals surface area contributed by atoms with E-state index < -0.39 is 5.41 Å². The van der Waals surface area contributed by atoms with E-state index in [0.29, 0.717) is 6.54 Å². The van der Waals surface area contributed by atoms with Gasteiger partial charge in [-0.15, -0.1) is 36.2 Å². The SMILES string of the molecule is CCC(CC)(CN)C(=O)NC(C)c1nc(C)cs1.Cl.Cl. The quantitative estimate of drug-likeness (QED) is 0.834. The van der Waals surface area contributed by atoms with Gasteiger partial charge in [0.05, 0.1) is 11.5 Å². The van der Waals surface area contributed by atoms with E-state index in [1.165, 1.54) is 0 Å². The standard InChI is InChI=1S/C13H23N3OS.2ClH/c1-5-13(6-2,8-14)12(17)16-10(4)11-15-9(3)7-18-11;;/h7,10H,5-6,8,14H2,1-4H3,(H,16,17);2*1H. The smallest absolute Gasteiger partial charge is 0.228 e. The molecule has 1 unspecified atom stereocenters. The molecule has 1 rings (SSSR count). The number of amides is 1. The summed E-state index contributed by atoms with van der Waals surface area (Å²) in [6.07, 6.45) is 1.52. The molecule has 1 aromatic rings. The van der Waals surface area contributed by atoms with E-state index in [1.807, 2.05) is 33.1 Å². The zero-order valence-electron chi connectivity index (χ0n) is 12.4. The number of carbonyl (C=O) groups excluding carboxylic acids is 1. The van der Waals surface area contributed by atoms with E-state index in [9.17, 15) is 4.79 Å². The van der Waals surface area contributed by atoms with Crippen molar-refractivity contribution < 1.29 is 4.79 Å². The molecule has 0 aliphatic carbocycles. The highest BCUT2D eigenvalue weighted by Gasteiger charge is 2.34. The molecule has 0 radical (unpaired) electrons. The third-order valence-corrected chi connectivity index (χ3v) is 4.73. The minimum atomic E-state index is -0.444. The minimum absolute atomic E-state index is 0. The topological polar surface area (TPSA) is 68.0 Å². The highest BCUT2D eigenvalue weighted by atomic mass is 35.5. The van der Waals surface area contributed by atoms with Crippen molar-refractivity contribution in [3.8, 4) is 0 Å². The summed E-state index contributed by atoms with van der Waals surface area (Å²) < 4.78 is 0. The van der Waals surface area contributed by atoms with Crippen LogP contribution in [0.2, 0.25) is 0 Å². The van der Waals surface area contributed by atoms with Crippen molar-refractivity contribution in [2.45, 2.75) is 46.6 Å². The second-order valence-electron chi connectivity index (χ2n) is 4.71. The Balaban J connectivity index is 0. The summed E-state index contributed by atoms with van der Waals surface area (Å²) in [5.74, 6) is 0.0374. The summed E-state index contributed by atoms with van der Waals surface area (Å²) in [5, 5.41) is 5.97. The van der Waals surface area contributed by atoms with E-state index in [4.69, 9.17) is 5.73 Å². The van der Waals surface area contributed by atoms with Crippen molar-refractivity contribution in [3.05, 3.63) is 16.1 Å². The zero-order chi connectivity index (χ0) is 13.8. The number of halogens is 2. The molecule has 1 aromatic heterocycles. The van der Waals surface area contributed by atoms with Gasteiger partial charge in [-0.3, -0.25) is 4.79 Å². The first-order valence-corrected chi connectivity index (χ1v) is 7.30. The van der Waals surface area contributed by atoms with Gasteiger partial charge in [-0.05, 0) is 26.7 Å². The molecule has 118 valence electrons. The first-order chi connectivity index (χ1) is 8.49. The minimum Gasteiger partial charge on any atom is -0.347 e. The third kappa shape index (κ3) is 4.88. The van der Waals surface area contributed by atoms with Gasteiger partial charge in [0.2, 0.25) is 5.91 Å². The van der Waals surface area contributed by atoms with Crippen LogP contribution in [0.4, 0.5) is 0 Å². The monoisotopic (exact) mass is 341 g/mol. The summed E-state index contributed by atoms with van der Waals surface area (Å²) in [6.45, 7) is 8.32. The van der Waals surface area contributed by atoms with Gasteiger partial charge in [0.25, 0.3) is 0 Å². The molecule has 0 saturated carbocycles. The van der Waals surface area contributed by atoms with E-state index >= 15 is 0 Å².